The van der Waals surface area contributed by atoms with E-state index in [-0.39, 0.29) is 6.23 Å². The number of hydrogen-bond donors (Lipinski definition) is 2. The second-order valence-electron chi connectivity index (χ2n) is 5.95. The van der Waals surface area contributed by atoms with Crippen LogP contribution in [0.15, 0.2) is 0 Å². The molecular formula is C18H40N2O4. The minimum atomic E-state index is -0.147. The summed E-state index contributed by atoms with van der Waals surface area (Å²) in [5, 5.41) is 0. The van der Waals surface area contributed by atoms with E-state index in [1.54, 1.807) is 0 Å². The highest BCUT2D eigenvalue weighted by molar-refractivity contribution is 4.51. The molecule has 0 aromatic rings. The molecule has 0 bridgehead atoms. The summed E-state index contributed by atoms with van der Waals surface area (Å²) >= 11 is 0. The molecule has 0 amide bonds. The van der Waals surface area contributed by atoms with Crippen molar-refractivity contribution in [1.29, 1.82) is 0 Å². The molecule has 0 spiro atoms. The Kier molecular flexibility index (Phi) is 20.6. The number of unbranched alkanes of at least 4 members (excludes halogenated alkanes) is 3. The average Bonchev–Trinajstić information content (AvgIpc) is 2.59. The molecule has 0 aromatic heterocycles. The molecule has 146 valence electrons. The summed E-state index contributed by atoms with van der Waals surface area (Å²) in [5.74, 6) is 0. The molecule has 6 nitrogen and oxygen atoms in total. The third-order valence-corrected chi connectivity index (χ3v) is 3.51. The minimum absolute atomic E-state index is 0.147. The molecule has 1 unspecified atom stereocenters. The summed E-state index contributed by atoms with van der Waals surface area (Å²) in [6, 6.07) is 0. The van der Waals surface area contributed by atoms with E-state index >= 15 is 0 Å². The van der Waals surface area contributed by atoms with E-state index in [0.29, 0.717) is 26.4 Å². The van der Waals surface area contributed by atoms with Crippen molar-refractivity contribution in [3.05, 3.63) is 0 Å². The van der Waals surface area contributed by atoms with Crippen LogP contribution in [0.3, 0.4) is 0 Å². The zero-order valence-electron chi connectivity index (χ0n) is 15.7. The van der Waals surface area contributed by atoms with Gasteiger partial charge >= 0.3 is 0 Å². The van der Waals surface area contributed by atoms with Crippen LogP contribution < -0.4 is 11.5 Å². The lowest BCUT2D eigenvalue weighted by atomic mass is 10.2. The van der Waals surface area contributed by atoms with Gasteiger partial charge in [0.2, 0.25) is 0 Å². The number of ether oxygens (including phenoxy) is 4. The number of nitrogens with two attached hydrogens (primary N) is 2. The fourth-order valence-corrected chi connectivity index (χ4v) is 2.10. The lowest BCUT2D eigenvalue weighted by Gasteiger charge is -2.13. The molecule has 0 saturated carbocycles. The number of hydrogen-bond acceptors (Lipinski definition) is 6. The molecule has 0 rings (SSSR count). The van der Waals surface area contributed by atoms with Gasteiger partial charge in [-0.25, -0.2) is 0 Å². The predicted octanol–water partition coefficient (Wildman–Crippen LogP) is 2.44. The van der Waals surface area contributed by atoms with Crippen LogP contribution in [0.2, 0.25) is 0 Å². The van der Waals surface area contributed by atoms with Crippen LogP contribution in [0.1, 0.15) is 58.3 Å². The van der Waals surface area contributed by atoms with Crippen molar-refractivity contribution in [2.75, 3.05) is 52.8 Å². The van der Waals surface area contributed by atoms with E-state index in [2.05, 4.69) is 6.92 Å². The molecule has 0 aliphatic heterocycles. The molecule has 0 fully saturated rings. The first-order valence-electron chi connectivity index (χ1n) is 9.61. The average molecular weight is 349 g/mol. The summed E-state index contributed by atoms with van der Waals surface area (Å²) in [7, 11) is 0. The molecule has 1 atom stereocenters. The maximum atomic E-state index is 5.95. The topological polar surface area (TPSA) is 89.0 Å². The van der Waals surface area contributed by atoms with Gasteiger partial charge in [0.25, 0.3) is 0 Å². The molecule has 0 heterocycles. The van der Waals surface area contributed by atoms with Crippen LogP contribution in [-0.2, 0) is 18.9 Å². The van der Waals surface area contributed by atoms with E-state index in [0.717, 1.165) is 77.8 Å². The minimum Gasteiger partial charge on any atom is -0.381 e. The van der Waals surface area contributed by atoms with Crippen molar-refractivity contribution in [2.24, 2.45) is 11.5 Å². The summed E-state index contributed by atoms with van der Waals surface area (Å²) in [6.45, 7) is 8.06. The highest BCUT2D eigenvalue weighted by Crippen LogP contribution is 2.04. The fraction of sp³-hybridized carbons (Fsp3) is 1.00. The molecule has 24 heavy (non-hydrogen) atoms. The van der Waals surface area contributed by atoms with Gasteiger partial charge in [0.15, 0.2) is 0 Å². The van der Waals surface area contributed by atoms with Crippen molar-refractivity contribution >= 4 is 0 Å². The fourth-order valence-electron chi connectivity index (χ4n) is 2.10. The largest absolute Gasteiger partial charge is 0.381 e. The van der Waals surface area contributed by atoms with Crippen LogP contribution in [-0.4, -0.2) is 59.0 Å². The molecule has 0 aliphatic rings. The highest BCUT2D eigenvalue weighted by atomic mass is 16.5. The second kappa shape index (κ2) is 20.8. The van der Waals surface area contributed by atoms with Gasteiger partial charge in [0.1, 0.15) is 6.23 Å². The highest BCUT2D eigenvalue weighted by Gasteiger charge is 2.02. The predicted molar refractivity (Wildman–Crippen MR) is 98.0 cm³/mol. The molecule has 0 aliphatic carbocycles. The monoisotopic (exact) mass is 348 g/mol. The summed E-state index contributed by atoms with van der Waals surface area (Å²) in [4.78, 5) is 0. The van der Waals surface area contributed by atoms with E-state index < -0.39 is 0 Å². The van der Waals surface area contributed by atoms with E-state index in [1.807, 2.05) is 0 Å². The Morgan fingerprint density at radius 3 is 1.96 bits per heavy atom. The van der Waals surface area contributed by atoms with E-state index in [9.17, 15) is 0 Å². The lowest BCUT2D eigenvalue weighted by Crippen LogP contribution is -2.24. The first-order valence-corrected chi connectivity index (χ1v) is 9.61. The first kappa shape index (κ1) is 23.8. The zero-order chi connectivity index (χ0) is 17.7. The standard InChI is InChI=1S/C18H40N2O4/c1-2-11-21-16-17-23-12-5-3-4-9-18(20)24-15-7-6-13-22-14-8-10-19/h18H,2-17,19-20H2,1H3. The third kappa shape index (κ3) is 19.8. The lowest BCUT2D eigenvalue weighted by molar-refractivity contribution is 0.0385. The van der Waals surface area contributed by atoms with Crippen LogP contribution >= 0.6 is 0 Å². The Morgan fingerprint density at radius 2 is 1.25 bits per heavy atom. The quantitative estimate of drug-likeness (QED) is 0.259. The molecule has 6 heteroatoms. The van der Waals surface area contributed by atoms with Crippen molar-refractivity contribution in [3.63, 3.8) is 0 Å². The van der Waals surface area contributed by atoms with Crippen LogP contribution in [0.5, 0.6) is 0 Å². The molecule has 4 N–H and O–H groups in total. The summed E-state index contributed by atoms with van der Waals surface area (Å²) in [6.07, 6.45) is 8.03. The van der Waals surface area contributed by atoms with Gasteiger partial charge in [-0.05, 0) is 51.5 Å². The third-order valence-electron chi connectivity index (χ3n) is 3.51. The normalized spacial score (nSPS) is 12.6. The van der Waals surface area contributed by atoms with Gasteiger partial charge in [0.05, 0.1) is 13.2 Å². The Morgan fingerprint density at radius 1 is 0.667 bits per heavy atom. The van der Waals surface area contributed by atoms with Crippen LogP contribution in [0, 0.1) is 0 Å². The van der Waals surface area contributed by atoms with E-state index in [1.165, 1.54) is 0 Å². The first-order chi connectivity index (χ1) is 11.8. The zero-order valence-corrected chi connectivity index (χ0v) is 15.7. The molecular weight excluding hydrogens is 308 g/mol. The Bertz CT molecular complexity index is 233. The van der Waals surface area contributed by atoms with Crippen molar-refractivity contribution in [3.8, 4) is 0 Å². The maximum Gasteiger partial charge on any atom is 0.105 e. The van der Waals surface area contributed by atoms with Crippen LogP contribution in [0.25, 0.3) is 0 Å². The van der Waals surface area contributed by atoms with E-state index in [4.69, 9.17) is 30.4 Å². The Labute approximate surface area is 148 Å². The van der Waals surface area contributed by atoms with Crippen molar-refractivity contribution in [2.45, 2.75) is 64.5 Å². The van der Waals surface area contributed by atoms with Gasteiger partial charge in [-0.1, -0.05) is 13.3 Å². The summed E-state index contributed by atoms with van der Waals surface area (Å²) < 4.78 is 21.9. The molecule has 0 radical (unpaired) electrons. The van der Waals surface area contributed by atoms with Gasteiger partial charge < -0.3 is 30.4 Å². The van der Waals surface area contributed by atoms with Gasteiger partial charge in [0, 0.05) is 33.0 Å². The molecule has 0 saturated heterocycles. The van der Waals surface area contributed by atoms with Crippen molar-refractivity contribution < 1.29 is 18.9 Å². The number of rotatable bonds is 20. The molecule has 0 aromatic carbocycles. The van der Waals surface area contributed by atoms with Crippen molar-refractivity contribution in [1.82, 2.24) is 0 Å². The van der Waals surface area contributed by atoms with Crippen LogP contribution in [0.4, 0.5) is 0 Å². The van der Waals surface area contributed by atoms with Gasteiger partial charge in [-0.3, -0.25) is 0 Å². The Balaban J connectivity index is 3.11. The SMILES string of the molecule is CCCOCCOCCCCCC(N)OCCCCOCCCN. The Hall–Kier alpha value is -0.240. The summed E-state index contributed by atoms with van der Waals surface area (Å²) in [5.41, 5.74) is 11.3. The smallest absolute Gasteiger partial charge is 0.105 e. The maximum absolute atomic E-state index is 5.95. The second-order valence-corrected chi connectivity index (χ2v) is 5.95. The van der Waals surface area contributed by atoms with Gasteiger partial charge in [-0.2, -0.15) is 0 Å². The van der Waals surface area contributed by atoms with Gasteiger partial charge in [-0.15, -0.1) is 0 Å².